The molecule has 0 radical (unpaired) electrons. The van der Waals surface area contributed by atoms with E-state index in [0.717, 1.165) is 25.0 Å². The number of hydrogen-bond donors (Lipinski definition) is 0. The van der Waals surface area contributed by atoms with Crippen molar-refractivity contribution in [3.05, 3.63) is 36.5 Å². The van der Waals surface area contributed by atoms with Crippen LogP contribution in [0.1, 0.15) is 6.42 Å². The van der Waals surface area contributed by atoms with Gasteiger partial charge in [-0.25, -0.2) is 8.42 Å². The highest BCUT2D eigenvalue weighted by Gasteiger charge is 2.39. The summed E-state index contributed by atoms with van der Waals surface area (Å²) in [7, 11) is -1.51. The number of para-hydroxylation sites is 1. The predicted molar refractivity (Wildman–Crippen MR) is 95.8 cm³/mol. The molecule has 6 nitrogen and oxygen atoms in total. The first kappa shape index (κ1) is 16.9. The number of piperidine rings is 1. The smallest absolute Gasteiger partial charge is 0.245 e. The normalized spacial score (nSPS) is 26.3. The van der Waals surface area contributed by atoms with Gasteiger partial charge in [0.2, 0.25) is 10.0 Å². The molecule has 0 amide bonds. The Morgan fingerprint density at radius 3 is 2.92 bits per heavy atom. The molecule has 0 N–H and O–H groups in total. The monoisotopic (exact) mass is 361 g/mol. The van der Waals surface area contributed by atoms with Crippen LogP contribution in [0.3, 0.4) is 0 Å². The molecule has 7 heteroatoms. The van der Waals surface area contributed by atoms with E-state index in [1.807, 2.05) is 18.2 Å². The van der Waals surface area contributed by atoms with E-state index < -0.39 is 10.0 Å². The number of sulfonamides is 1. The lowest BCUT2D eigenvalue weighted by Gasteiger charge is -2.40. The molecule has 2 aromatic rings. The molecular formula is C18H23N3O3S. The molecule has 2 fully saturated rings. The summed E-state index contributed by atoms with van der Waals surface area (Å²) in [6.45, 7) is 3.31. The Kier molecular flexibility index (Phi) is 4.49. The van der Waals surface area contributed by atoms with Crippen molar-refractivity contribution in [2.75, 3.05) is 39.9 Å². The van der Waals surface area contributed by atoms with Crippen molar-refractivity contribution in [2.24, 2.45) is 5.92 Å². The van der Waals surface area contributed by atoms with Crippen molar-refractivity contribution in [1.82, 2.24) is 14.2 Å². The molecule has 0 unspecified atom stereocenters. The number of hydrogen-bond acceptors (Lipinski definition) is 5. The maximum atomic E-state index is 13.3. The van der Waals surface area contributed by atoms with Crippen LogP contribution in [0.4, 0.5) is 0 Å². The molecule has 1 aromatic carbocycles. The zero-order valence-electron chi connectivity index (χ0n) is 14.3. The van der Waals surface area contributed by atoms with Crippen molar-refractivity contribution < 1.29 is 13.2 Å². The number of benzene rings is 1. The second-order valence-electron chi connectivity index (χ2n) is 6.87. The Hall–Kier alpha value is -1.54. The van der Waals surface area contributed by atoms with E-state index >= 15 is 0 Å². The minimum atomic E-state index is -3.57. The fraction of sp³-hybridized carbons (Fsp3) is 0.500. The fourth-order valence-corrected chi connectivity index (χ4v) is 5.53. The van der Waals surface area contributed by atoms with Crippen molar-refractivity contribution in [2.45, 2.75) is 17.4 Å². The Labute approximate surface area is 148 Å². The van der Waals surface area contributed by atoms with Crippen LogP contribution in [0.5, 0.6) is 0 Å². The van der Waals surface area contributed by atoms with Crippen LogP contribution in [0.25, 0.3) is 10.9 Å². The maximum absolute atomic E-state index is 13.3. The topological polar surface area (TPSA) is 62.7 Å². The van der Waals surface area contributed by atoms with E-state index in [1.165, 1.54) is 0 Å². The fourth-order valence-electron chi connectivity index (χ4n) is 3.90. The van der Waals surface area contributed by atoms with Gasteiger partial charge in [-0.15, -0.1) is 0 Å². The standard InChI is InChI=1S/C18H23N3O3S/c1-20-10-11-24-13-15-7-9-21(12-16(15)20)25(22,23)17-6-2-4-14-5-3-8-19-18(14)17/h2-6,8,15-16H,7,9-13H2,1H3/t15-,16-/m1/s1. The molecule has 134 valence electrons. The number of likely N-dealkylation sites (N-methyl/N-ethyl adjacent to an activating group) is 1. The van der Waals surface area contributed by atoms with Gasteiger partial charge in [-0.05, 0) is 25.6 Å². The molecule has 25 heavy (non-hydrogen) atoms. The van der Waals surface area contributed by atoms with Gasteiger partial charge >= 0.3 is 0 Å². The first-order valence-electron chi connectivity index (χ1n) is 8.69. The summed E-state index contributed by atoms with van der Waals surface area (Å²) in [5.41, 5.74) is 0.546. The van der Waals surface area contributed by atoms with E-state index in [9.17, 15) is 8.42 Å². The van der Waals surface area contributed by atoms with Gasteiger partial charge in [0.25, 0.3) is 0 Å². The molecule has 0 bridgehead atoms. The van der Waals surface area contributed by atoms with Crippen molar-refractivity contribution in [1.29, 1.82) is 0 Å². The molecule has 2 aliphatic heterocycles. The molecule has 3 heterocycles. The minimum Gasteiger partial charge on any atom is -0.380 e. The lowest BCUT2D eigenvalue weighted by molar-refractivity contribution is 0.0860. The number of fused-ring (bicyclic) bond motifs is 2. The summed E-state index contributed by atoms with van der Waals surface area (Å²) in [5, 5.41) is 0.846. The second kappa shape index (κ2) is 6.64. The van der Waals surface area contributed by atoms with Crippen LogP contribution in [-0.4, -0.2) is 68.5 Å². The number of rotatable bonds is 2. The van der Waals surface area contributed by atoms with Gasteiger partial charge in [0.15, 0.2) is 0 Å². The molecule has 0 saturated carbocycles. The van der Waals surface area contributed by atoms with Crippen LogP contribution in [-0.2, 0) is 14.8 Å². The summed E-state index contributed by atoms with van der Waals surface area (Å²) in [4.78, 5) is 6.86. The van der Waals surface area contributed by atoms with E-state index in [1.54, 1.807) is 22.6 Å². The highest BCUT2D eigenvalue weighted by atomic mass is 32.2. The molecule has 0 spiro atoms. The van der Waals surface area contributed by atoms with Crippen LogP contribution in [0.2, 0.25) is 0 Å². The lowest BCUT2D eigenvalue weighted by Crippen LogP contribution is -2.53. The molecule has 1 aromatic heterocycles. The van der Waals surface area contributed by atoms with Gasteiger partial charge in [0, 0.05) is 43.2 Å². The predicted octanol–water partition coefficient (Wildman–Crippen LogP) is 1.58. The minimum absolute atomic E-state index is 0.203. The highest BCUT2D eigenvalue weighted by Crippen LogP contribution is 2.30. The van der Waals surface area contributed by atoms with E-state index in [2.05, 4.69) is 16.9 Å². The van der Waals surface area contributed by atoms with Gasteiger partial charge in [0.05, 0.1) is 18.7 Å². The third kappa shape index (κ3) is 3.06. The third-order valence-corrected chi connectivity index (χ3v) is 7.28. The first-order chi connectivity index (χ1) is 12.1. The van der Waals surface area contributed by atoms with Crippen molar-refractivity contribution in [3.63, 3.8) is 0 Å². The Morgan fingerprint density at radius 1 is 1.20 bits per heavy atom. The van der Waals surface area contributed by atoms with Gasteiger partial charge < -0.3 is 4.74 Å². The van der Waals surface area contributed by atoms with Crippen LogP contribution in [0, 0.1) is 5.92 Å². The van der Waals surface area contributed by atoms with Crippen molar-refractivity contribution >= 4 is 20.9 Å². The van der Waals surface area contributed by atoms with E-state index in [4.69, 9.17) is 4.74 Å². The number of nitrogens with zero attached hydrogens (tertiary/aromatic N) is 3. The van der Waals surface area contributed by atoms with Crippen LogP contribution in [0.15, 0.2) is 41.4 Å². The number of pyridine rings is 1. The third-order valence-electron chi connectivity index (χ3n) is 5.38. The molecule has 2 aliphatic rings. The first-order valence-corrected chi connectivity index (χ1v) is 10.1. The van der Waals surface area contributed by atoms with E-state index in [-0.39, 0.29) is 6.04 Å². The molecule has 2 saturated heterocycles. The maximum Gasteiger partial charge on any atom is 0.245 e. The van der Waals surface area contributed by atoms with Crippen LogP contribution < -0.4 is 0 Å². The molecule has 0 aliphatic carbocycles. The molecule has 2 atom stereocenters. The summed E-state index contributed by atoms with van der Waals surface area (Å²) in [6, 6.07) is 9.26. The lowest BCUT2D eigenvalue weighted by atomic mass is 9.93. The van der Waals surface area contributed by atoms with E-state index in [0.29, 0.717) is 36.0 Å². The summed E-state index contributed by atoms with van der Waals surface area (Å²) >= 11 is 0. The average molecular weight is 361 g/mol. The van der Waals surface area contributed by atoms with Gasteiger partial charge in [-0.1, -0.05) is 18.2 Å². The summed E-state index contributed by atoms with van der Waals surface area (Å²) < 4.78 is 33.9. The van der Waals surface area contributed by atoms with Gasteiger partial charge in [-0.2, -0.15) is 4.31 Å². The van der Waals surface area contributed by atoms with Gasteiger partial charge in [-0.3, -0.25) is 9.88 Å². The zero-order valence-corrected chi connectivity index (χ0v) is 15.2. The zero-order chi connectivity index (χ0) is 17.4. The van der Waals surface area contributed by atoms with Gasteiger partial charge in [0.1, 0.15) is 4.90 Å². The Bertz CT molecular complexity index is 866. The Morgan fingerprint density at radius 2 is 2.04 bits per heavy atom. The second-order valence-corrected chi connectivity index (χ2v) is 8.77. The number of aromatic nitrogens is 1. The van der Waals surface area contributed by atoms with Crippen LogP contribution >= 0.6 is 0 Å². The quantitative estimate of drug-likeness (QED) is 0.813. The summed E-state index contributed by atoms with van der Waals surface area (Å²) in [6.07, 6.45) is 2.47. The largest absolute Gasteiger partial charge is 0.380 e. The number of ether oxygens (including phenoxy) is 1. The molecular weight excluding hydrogens is 338 g/mol. The SMILES string of the molecule is CN1CCOC[C@H]2CCN(S(=O)(=O)c3cccc4cccnc34)C[C@H]21. The Balaban J connectivity index is 1.68. The summed E-state index contributed by atoms with van der Waals surface area (Å²) in [5.74, 6) is 0.393. The molecule has 4 rings (SSSR count). The van der Waals surface area contributed by atoms with Crippen molar-refractivity contribution in [3.8, 4) is 0 Å². The highest BCUT2D eigenvalue weighted by molar-refractivity contribution is 7.89. The average Bonchev–Trinajstić information content (AvgIpc) is 2.82.